The summed E-state index contributed by atoms with van der Waals surface area (Å²) in [5.41, 5.74) is 5.19. The third-order valence-corrected chi connectivity index (χ3v) is 8.47. The van der Waals surface area contributed by atoms with E-state index in [1.807, 2.05) is 36.1 Å². The Labute approximate surface area is 225 Å². The number of methoxy groups -OCH3 is 1. The van der Waals surface area contributed by atoms with Crippen LogP contribution in [0.3, 0.4) is 0 Å². The fourth-order valence-electron chi connectivity index (χ4n) is 6.21. The van der Waals surface area contributed by atoms with E-state index in [1.165, 1.54) is 11.1 Å². The van der Waals surface area contributed by atoms with Crippen molar-refractivity contribution < 1.29 is 14.6 Å². The van der Waals surface area contributed by atoms with Crippen LogP contribution in [0, 0.1) is 25.7 Å². The number of aromatic nitrogens is 3. The fourth-order valence-corrected chi connectivity index (χ4v) is 6.21. The quantitative estimate of drug-likeness (QED) is 0.432. The van der Waals surface area contributed by atoms with Gasteiger partial charge in [-0.15, -0.1) is 0 Å². The van der Waals surface area contributed by atoms with Crippen LogP contribution in [0.5, 0.6) is 5.75 Å². The van der Waals surface area contributed by atoms with Crippen molar-refractivity contribution in [1.82, 2.24) is 15.0 Å². The van der Waals surface area contributed by atoms with E-state index in [4.69, 9.17) is 4.74 Å². The average Bonchev–Trinajstić information content (AvgIpc) is 3.38. The molecule has 38 heavy (non-hydrogen) atoms. The highest BCUT2D eigenvalue weighted by atomic mass is 16.5. The standard InChI is InChI=1S/C31H40N4O3/c1-21-17-26(13-16-30(21)38-3)24-9-7-23(8-10-24)20-34(31(37)25-11-14-29(36)15-12-25)27-5-4-6-28(18-27)35-32-19-22(2)33-35/h4-6,13,16-19,23-25,29,36H,7-12,14-15,20H2,1-3H3/t23-,24-,25-,29-. The van der Waals surface area contributed by atoms with Gasteiger partial charge in [0.1, 0.15) is 5.75 Å². The molecule has 2 aliphatic rings. The number of rotatable bonds is 7. The van der Waals surface area contributed by atoms with E-state index >= 15 is 0 Å². The number of ether oxygens (including phenoxy) is 1. The summed E-state index contributed by atoms with van der Waals surface area (Å²) in [7, 11) is 1.72. The van der Waals surface area contributed by atoms with E-state index in [0.717, 1.165) is 67.9 Å². The van der Waals surface area contributed by atoms with E-state index in [-0.39, 0.29) is 17.9 Å². The van der Waals surface area contributed by atoms with Crippen LogP contribution in [-0.2, 0) is 4.79 Å². The van der Waals surface area contributed by atoms with Gasteiger partial charge < -0.3 is 14.7 Å². The number of aryl methyl sites for hydroxylation is 2. The Morgan fingerprint density at radius 2 is 1.79 bits per heavy atom. The van der Waals surface area contributed by atoms with Crippen molar-refractivity contribution in [2.24, 2.45) is 11.8 Å². The normalized spacial score (nSPS) is 23.7. The zero-order valence-electron chi connectivity index (χ0n) is 22.8. The average molecular weight is 517 g/mol. The maximum atomic E-state index is 13.9. The van der Waals surface area contributed by atoms with Crippen molar-refractivity contribution >= 4 is 11.6 Å². The van der Waals surface area contributed by atoms with E-state index < -0.39 is 0 Å². The first-order valence-corrected chi connectivity index (χ1v) is 14.0. The third-order valence-electron chi connectivity index (χ3n) is 8.47. The smallest absolute Gasteiger partial charge is 0.230 e. The Balaban J connectivity index is 1.32. The van der Waals surface area contributed by atoms with Crippen LogP contribution in [0.15, 0.2) is 48.7 Å². The van der Waals surface area contributed by atoms with Gasteiger partial charge >= 0.3 is 0 Å². The Morgan fingerprint density at radius 3 is 2.45 bits per heavy atom. The van der Waals surface area contributed by atoms with Crippen LogP contribution in [0.25, 0.3) is 5.69 Å². The van der Waals surface area contributed by atoms with Gasteiger partial charge in [0.2, 0.25) is 5.91 Å². The molecule has 0 bridgehead atoms. The number of hydrogen-bond acceptors (Lipinski definition) is 5. The Kier molecular flexibility index (Phi) is 8.12. The molecule has 1 aromatic heterocycles. The lowest BCUT2D eigenvalue weighted by Crippen LogP contribution is -2.41. The minimum absolute atomic E-state index is 0.0363. The van der Waals surface area contributed by atoms with Gasteiger partial charge in [0, 0.05) is 18.2 Å². The zero-order valence-corrected chi connectivity index (χ0v) is 22.8. The van der Waals surface area contributed by atoms with Gasteiger partial charge in [-0.05, 0) is 112 Å². The largest absolute Gasteiger partial charge is 0.496 e. The van der Waals surface area contributed by atoms with Crippen molar-refractivity contribution in [1.29, 1.82) is 0 Å². The van der Waals surface area contributed by atoms with Crippen LogP contribution in [-0.4, -0.2) is 45.8 Å². The SMILES string of the molecule is COc1ccc([C@H]2CC[C@H](CN(c3cccc(-n4ncc(C)n4)c3)C(=O)[C@H]3CC[C@H](O)CC3)CC2)cc1C. The van der Waals surface area contributed by atoms with E-state index in [2.05, 4.69) is 35.3 Å². The van der Waals surface area contributed by atoms with Crippen molar-refractivity contribution in [2.75, 3.05) is 18.6 Å². The highest BCUT2D eigenvalue weighted by Gasteiger charge is 2.32. The number of amides is 1. The minimum atomic E-state index is -0.276. The van der Waals surface area contributed by atoms with Crippen LogP contribution < -0.4 is 9.64 Å². The van der Waals surface area contributed by atoms with E-state index in [9.17, 15) is 9.90 Å². The molecule has 7 nitrogen and oxygen atoms in total. The van der Waals surface area contributed by atoms with Gasteiger partial charge in [-0.25, -0.2) is 0 Å². The molecule has 2 aromatic carbocycles. The number of aliphatic hydroxyl groups excluding tert-OH is 1. The third kappa shape index (κ3) is 5.93. The fraction of sp³-hybridized carbons (Fsp3) is 0.516. The van der Waals surface area contributed by atoms with Crippen molar-refractivity contribution in [3.63, 3.8) is 0 Å². The maximum Gasteiger partial charge on any atom is 0.230 e. The molecule has 0 atom stereocenters. The van der Waals surface area contributed by atoms with E-state index in [0.29, 0.717) is 24.7 Å². The van der Waals surface area contributed by atoms with Gasteiger partial charge in [-0.1, -0.05) is 18.2 Å². The lowest BCUT2D eigenvalue weighted by atomic mass is 9.78. The molecule has 0 aliphatic heterocycles. The molecule has 0 unspecified atom stereocenters. The molecule has 1 heterocycles. The van der Waals surface area contributed by atoms with Gasteiger partial charge in [0.15, 0.2) is 0 Å². The van der Waals surface area contributed by atoms with Gasteiger partial charge in [0.25, 0.3) is 0 Å². The molecule has 0 saturated heterocycles. The molecule has 1 amide bonds. The van der Waals surface area contributed by atoms with Crippen LogP contribution >= 0.6 is 0 Å². The number of nitrogens with zero attached hydrogens (tertiary/aromatic N) is 4. The molecular formula is C31H40N4O3. The molecule has 5 rings (SSSR count). The summed E-state index contributed by atoms with van der Waals surface area (Å²) < 4.78 is 5.45. The van der Waals surface area contributed by atoms with Crippen LogP contribution in [0.1, 0.15) is 74.1 Å². The highest BCUT2D eigenvalue weighted by molar-refractivity contribution is 5.95. The molecule has 202 valence electrons. The van der Waals surface area contributed by atoms with Gasteiger partial charge in [-0.3, -0.25) is 4.79 Å². The first kappa shape index (κ1) is 26.4. The molecule has 1 N–H and O–H groups in total. The summed E-state index contributed by atoms with van der Waals surface area (Å²) in [5, 5.41) is 18.8. The van der Waals surface area contributed by atoms with Crippen molar-refractivity contribution in [2.45, 2.75) is 77.2 Å². The molecule has 0 radical (unpaired) electrons. The molecule has 2 saturated carbocycles. The summed E-state index contributed by atoms with van der Waals surface area (Å²) in [6.45, 7) is 4.75. The lowest BCUT2D eigenvalue weighted by Gasteiger charge is -2.36. The number of carbonyl (C=O) groups excluding carboxylic acids is 1. The molecule has 7 heteroatoms. The topological polar surface area (TPSA) is 80.5 Å². The summed E-state index contributed by atoms with van der Waals surface area (Å²) in [4.78, 5) is 17.6. The zero-order chi connectivity index (χ0) is 26.6. The number of hydrogen-bond donors (Lipinski definition) is 1. The highest BCUT2D eigenvalue weighted by Crippen LogP contribution is 2.38. The number of aliphatic hydroxyl groups is 1. The first-order chi connectivity index (χ1) is 18.4. The number of benzene rings is 2. The first-order valence-electron chi connectivity index (χ1n) is 14.0. The van der Waals surface area contributed by atoms with Crippen molar-refractivity contribution in [3.05, 3.63) is 65.5 Å². The van der Waals surface area contributed by atoms with E-state index in [1.54, 1.807) is 18.1 Å². The summed E-state index contributed by atoms with van der Waals surface area (Å²) in [6.07, 6.45) is 8.83. The molecular weight excluding hydrogens is 476 g/mol. The van der Waals surface area contributed by atoms with Crippen LogP contribution in [0.4, 0.5) is 5.69 Å². The monoisotopic (exact) mass is 516 g/mol. The summed E-state index contributed by atoms with van der Waals surface area (Å²) >= 11 is 0. The maximum absolute atomic E-state index is 13.9. The summed E-state index contributed by atoms with van der Waals surface area (Å²) in [5.74, 6) is 2.10. The second-order valence-electron chi connectivity index (χ2n) is 11.2. The summed E-state index contributed by atoms with van der Waals surface area (Å²) in [6, 6.07) is 14.6. The molecule has 3 aromatic rings. The second kappa shape index (κ2) is 11.7. The Hall–Kier alpha value is -3.19. The van der Waals surface area contributed by atoms with Crippen LogP contribution in [0.2, 0.25) is 0 Å². The molecule has 2 aliphatic carbocycles. The van der Waals surface area contributed by atoms with Crippen molar-refractivity contribution in [3.8, 4) is 11.4 Å². The molecule has 2 fully saturated rings. The Bertz CT molecular complexity index is 1240. The second-order valence-corrected chi connectivity index (χ2v) is 11.2. The lowest BCUT2D eigenvalue weighted by molar-refractivity contribution is -0.124. The Morgan fingerprint density at radius 1 is 1.03 bits per heavy atom. The van der Waals surface area contributed by atoms with Gasteiger partial charge in [0.05, 0.1) is 30.8 Å². The van der Waals surface area contributed by atoms with Gasteiger partial charge in [-0.2, -0.15) is 15.0 Å². The number of anilines is 1. The minimum Gasteiger partial charge on any atom is -0.496 e. The predicted molar refractivity (Wildman–Crippen MR) is 149 cm³/mol. The predicted octanol–water partition coefficient (Wildman–Crippen LogP) is 5.75. The molecule has 0 spiro atoms. The number of carbonyl (C=O) groups is 1.